The molecule has 2 saturated heterocycles. The van der Waals surface area contributed by atoms with Gasteiger partial charge in [-0.15, -0.1) is 5.10 Å². The molecular formula is C24H28F2N6O2. The summed E-state index contributed by atoms with van der Waals surface area (Å²) < 4.78 is 39.9. The van der Waals surface area contributed by atoms with Crippen LogP contribution in [-0.2, 0) is 4.74 Å². The Hall–Kier alpha value is -3.24. The van der Waals surface area contributed by atoms with Gasteiger partial charge in [0.1, 0.15) is 23.7 Å². The summed E-state index contributed by atoms with van der Waals surface area (Å²) in [6.07, 6.45) is 1.46. The Labute approximate surface area is 197 Å². The van der Waals surface area contributed by atoms with E-state index < -0.39 is 11.6 Å². The first-order chi connectivity index (χ1) is 16.4. The highest BCUT2D eigenvalue weighted by Gasteiger charge is 2.29. The maximum absolute atomic E-state index is 13.6. The average molecular weight is 471 g/mol. The van der Waals surface area contributed by atoms with Crippen LogP contribution < -0.4 is 15.0 Å². The summed E-state index contributed by atoms with van der Waals surface area (Å²) in [5.41, 5.74) is 2.06. The molecule has 0 saturated carbocycles. The van der Waals surface area contributed by atoms with Crippen LogP contribution in [0.25, 0.3) is 5.69 Å². The quantitative estimate of drug-likeness (QED) is 0.566. The van der Waals surface area contributed by atoms with Crippen LogP contribution in [0.1, 0.15) is 13.8 Å². The van der Waals surface area contributed by atoms with Crippen molar-refractivity contribution in [2.45, 2.75) is 26.0 Å². The molecule has 10 heteroatoms. The molecule has 0 aliphatic carbocycles. The van der Waals surface area contributed by atoms with Crippen LogP contribution >= 0.6 is 0 Å². The molecule has 3 heterocycles. The zero-order valence-corrected chi connectivity index (χ0v) is 19.2. The number of hydrogen-bond donors (Lipinski definition) is 1. The summed E-state index contributed by atoms with van der Waals surface area (Å²) in [6.45, 7) is 9.41. The maximum Gasteiger partial charge on any atom is 0.246 e. The fraction of sp³-hybridized carbons (Fsp3) is 0.417. The molecule has 2 fully saturated rings. The van der Waals surface area contributed by atoms with Gasteiger partial charge >= 0.3 is 0 Å². The molecule has 0 unspecified atom stereocenters. The van der Waals surface area contributed by atoms with Crippen LogP contribution in [-0.4, -0.2) is 71.2 Å². The third-order valence-electron chi connectivity index (χ3n) is 5.97. The minimum Gasteiger partial charge on any atom is -0.489 e. The zero-order valence-electron chi connectivity index (χ0n) is 19.2. The first-order valence-electron chi connectivity index (χ1n) is 11.5. The summed E-state index contributed by atoms with van der Waals surface area (Å²) in [7, 11) is 0. The predicted molar refractivity (Wildman–Crippen MR) is 125 cm³/mol. The number of nitrogens with one attached hydrogen (secondary N) is 1. The van der Waals surface area contributed by atoms with Crippen molar-refractivity contribution in [3.63, 3.8) is 0 Å². The Morgan fingerprint density at radius 3 is 2.41 bits per heavy atom. The van der Waals surface area contributed by atoms with E-state index in [2.05, 4.69) is 25.2 Å². The molecule has 2 aliphatic heterocycles. The number of ether oxygens (including phenoxy) is 2. The Morgan fingerprint density at radius 2 is 1.76 bits per heavy atom. The van der Waals surface area contributed by atoms with E-state index in [0.29, 0.717) is 12.0 Å². The number of piperazine rings is 1. The van der Waals surface area contributed by atoms with E-state index in [1.165, 1.54) is 23.1 Å². The lowest BCUT2D eigenvalue weighted by Crippen LogP contribution is -2.56. The third-order valence-corrected chi connectivity index (χ3v) is 5.97. The Morgan fingerprint density at radius 1 is 1.03 bits per heavy atom. The molecule has 5 rings (SSSR count). The predicted octanol–water partition coefficient (Wildman–Crippen LogP) is 3.60. The van der Waals surface area contributed by atoms with Crippen LogP contribution in [0.4, 0.5) is 26.1 Å². The van der Waals surface area contributed by atoms with Gasteiger partial charge in [-0.3, -0.25) is 4.90 Å². The molecule has 1 aromatic heterocycles. The van der Waals surface area contributed by atoms with Gasteiger partial charge in [0.05, 0.1) is 36.7 Å². The zero-order chi connectivity index (χ0) is 23.7. The minimum atomic E-state index is -0.671. The molecule has 0 spiro atoms. The van der Waals surface area contributed by atoms with Crippen LogP contribution in [0.3, 0.4) is 0 Å². The number of aromatic nitrogens is 3. The van der Waals surface area contributed by atoms with E-state index >= 15 is 0 Å². The molecule has 0 radical (unpaired) electrons. The van der Waals surface area contributed by atoms with Crippen LogP contribution in [0.15, 0.2) is 42.7 Å². The van der Waals surface area contributed by atoms with Crippen molar-refractivity contribution in [2.24, 2.45) is 0 Å². The SMILES string of the molecule is CC(C)Oc1ccc(Nc2ncn(-c3cc(F)cc(F)c3)n2)cc1N1CCN(C2COC2)CC1. The number of hydrogen-bond acceptors (Lipinski definition) is 7. The van der Waals surface area contributed by atoms with E-state index in [1.54, 1.807) is 0 Å². The van der Waals surface area contributed by atoms with Gasteiger partial charge < -0.3 is 19.7 Å². The lowest BCUT2D eigenvalue weighted by atomic mass is 10.1. The van der Waals surface area contributed by atoms with Crippen molar-refractivity contribution in [1.29, 1.82) is 0 Å². The molecule has 180 valence electrons. The van der Waals surface area contributed by atoms with Gasteiger partial charge in [0.25, 0.3) is 0 Å². The first-order valence-corrected chi connectivity index (χ1v) is 11.5. The lowest BCUT2D eigenvalue weighted by Gasteiger charge is -2.43. The second-order valence-corrected chi connectivity index (χ2v) is 8.83. The van der Waals surface area contributed by atoms with Crippen molar-refractivity contribution in [3.8, 4) is 11.4 Å². The molecule has 0 bridgehead atoms. The second-order valence-electron chi connectivity index (χ2n) is 8.83. The van der Waals surface area contributed by atoms with Crippen LogP contribution in [0.2, 0.25) is 0 Å². The van der Waals surface area contributed by atoms with Gasteiger partial charge in [-0.05, 0) is 44.2 Å². The molecule has 8 nitrogen and oxygen atoms in total. The Kier molecular flexibility index (Phi) is 6.34. The molecule has 1 N–H and O–H groups in total. The summed E-state index contributed by atoms with van der Waals surface area (Å²) >= 11 is 0. The summed E-state index contributed by atoms with van der Waals surface area (Å²) in [6, 6.07) is 9.65. The topological polar surface area (TPSA) is 67.7 Å². The normalized spacial score (nSPS) is 17.1. The fourth-order valence-corrected chi connectivity index (χ4v) is 4.20. The molecule has 0 atom stereocenters. The smallest absolute Gasteiger partial charge is 0.246 e. The van der Waals surface area contributed by atoms with E-state index in [0.717, 1.165) is 62.6 Å². The average Bonchev–Trinajstić information content (AvgIpc) is 3.22. The molecule has 2 aliphatic rings. The minimum absolute atomic E-state index is 0.0509. The van der Waals surface area contributed by atoms with Crippen LogP contribution in [0.5, 0.6) is 5.75 Å². The molecule has 0 amide bonds. The Balaban J connectivity index is 1.34. The van der Waals surface area contributed by atoms with Gasteiger partial charge in [0.2, 0.25) is 5.95 Å². The van der Waals surface area contributed by atoms with Gasteiger partial charge in [0, 0.05) is 37.9 Å². The highest BCUT2D eigenvalue weighted by molar-refractivity contribution is 5.68. The Bertz CT molecular complexity index is 1120. The monoisotopic (exact) mass is 470 g/mol. The third kappa shape index (κ3) is 4.97. The van der Waals surface area contributed by atoms with Crippen molar-refractivity contribution in [3.05, 3.63) is 54.4 Å². The van der Waals surface area contributed by atoms with Gasteiger partial charge in [0.15, 0.2) is 0 Å². The maximum atomic E-state index is 13.6. The highest BCUT2D eigenvalue weighted by atomic mass is 19.1. The second kappa shape index (κ2) is 9.55. The molecule has 34 heavy (non-hydrogen) atoms. The largest absolute Gasteiger partial charge is 0.489 e. The van der Waals surface area contributed by atoms with E-state index in [4.69, 9.17) is 9.47 Å². The number of anilines is 3. The van der Waals surface area contributed by atoms with Crippen molar-refractivity contribution in [1.82, 2.24) is 19.7 Å². The van der Waals surface area contributed by atoms with E-state index in [1.807, 2.05) is 32.0 Å². The van der Waals surface area contributed by atoms with E-state index in [-0.39, 0.29) is 11.8 Å². The number of rotatable bonds is 7. The van der Waals surface area contributed by atoms with Crippen molar-refractivity contribution < 1.29 is 18.3 Å². The summed E-state index contributed by atoms with van der Waals surface area (Å²) in [5.74, 6) is -0.191. The standard InChI is InChI=1S/C24H28F2N6O2/c1-16(2)34-23-4-3-19(12-22(23)31-7-5-30(6-8-31)21-13-33-14-21)28-24-27-15-32(29-24)20-10-17(25)9-18(26)11-20/h3-4,9-12,15-16,21H,5-8,13-14H2,1-2H3,(H,28,29). The molecule has 2 aromatic carbocycles. The van der Waals surface area contributed by atoms with Crippen LogP contribution in [0, 0.1) is 11.6 Å². The van der Waals surface area contributed by atoms with E-state index in [9.17, 15) is 8.78 Å². The number of nitrogens with zero attached hydrogens (tertiary/aromatic N) is 5. The molecule has 3 aromatic rings. The first kappa shape index (κ1) is 22.5. The van der Waals surface area contributed by atoms with Gasteiger partial charge in [-0.1, -0.05) is 0 Å². The number of benzene rings is 2. The summed E-state index contributed by atoms with van der Waals surface area (Å²) in [5, 5.41) is 7.50. The number of halogens is 2. The van der Waals surface area contributed by atoms with Crippen molar-refractivity contribution in [2.75, 3.05) is 49.6 Å². The fourth-order valence-electron chi connectivity index (χ4n) is 4.20. The summed E-state index contributed by atoms with van der Waals surface area (Å²) in [4.78, 5) is 9.05. The molecular weight excluding hydrogens is 442 g/mol. The van der Waals surface area contributed by atoms with Gasteiger partial charge in [-0.2, -0.15) is 4.98 Å². The highest BCUT2D eigenvalue weighted by Crippen LogP contribution is 2.34. The van der Waals surface area contributed by atoms with Crippen molar-refractivity contribution >= 4 is 17.3 Å². The lowest BCUT2D eigenvalue weighted by molar-refractivity contribution is -0.0660. The van der Waals surface area contributed by atoms with Gasteiger partial charge in [-0.25, -0.2) is 13.5 Å².